The smallest absolute Gasteiger partial charge is 1.00 e. The van der Waals surface area contributed by atoms with Crippen LogP contribution >= 0.6 is 0 Å². The van der Waals surface area contributed by atoms with Crippen LogP contribution in [0, 0.1) is 17.4 Å². The molecule has 0 radical (unpaired) electrons. The monoisotopic (exact) mass is 258 g/mol. The number of aryl methyl sites for hydroxylation is 1. The van der Waals surface area contributed by atoms with Gasteiger partial charge in [0.1, 0.15) is 0 Å². The molecule has 0 amide bonds. The van der Waals surface area contributed by atoms with Gasteiger partial charge in [0.2, 0.25) is 0 Å². The van der Waals surface area contributed by atoms with Crippen molar-refractivity contribution in [3.8, 4) is 10.4 Å². The molecule has 0 heterocycles. The number of halogens is 1. The second-order valence-electron chi connectivity index (χ2n) is 2.17. The van der Waals surface area contributed by atoms with Crippen molar-refractivity contribution in [1.82, 2.24) is 0 Å². The maximum absolute atomic E-state index is 3.04. The van der Waals surface area contributed by atoms with E-state index < -0.39 is 0 Å². The van der Waals surface area contributed by atoms with Crippen LogP contribution in [0.1, 0.15) is 11.1 Å². The Morgan fingerprint density at radius 2 is 1.73 bits per heavy atom. The van der Waals surface area contributed by atoms with Crippen LogP contribution in [-0.4, -0.2) is 0 Å². The van der Waals surface area contributed by atoms with Gasteiger partial charge in [0.25, 0.3) is 0 Å². The number of rotatable bonds is 0. The molecule has 0 aliphatic heterocycles. The first-order valence-corrected chi connectivity index (χ1v) is 4.66. The molecule has 0 aliphatic rings. The summed E-state index contributed by atoms with van der Waals surface area (Å²) in [6, 6.07) is 8.27. The molecule has 0 saturated heterocycles. The summed E-state index contributed by atoms with van der Waals surface area (Å²) in [5.41, 5.74) is 2.41. The third-order valence-electron chi connectivity index (χ3n) is 1.28. The Morgan fingerprint density at radius 1 is 1.18 bits per heavy atom. The molecule has 1 aromatic carbocycles. The molecule has 0 unspecified atom stereocenters. The Kier molecular flexibility index (Phi) is 5.46. The van der Waals surface area contributed by atoms with Crippen molar-refractivity contribution < 1.29 is 35.3 Å². The van der Waals surface area contributed by atoms with Crippen LogP contribution in [0.5, 0.6) is 0 Å². The van der Waals surface area contributed by atoms with E-state index in [0.717, 1.165) is 23.9 Å². The minimum atomic E-state index is 0. The molecule has 2 heteroatoms. The van der Waals surface area contributed by atoms with Gasteiger partial charge in [0, 0.05) is 0 Å². The first-order chi connectivity index (χ1) is 4.83. The fourth-order valence-corrected chi connectivity index (χ4v) is 1.17. The van der Waals surface area contributed by atoms with Gasteiger partial charge in [-0.05, 0) is 0 Å². The molecular formula is C9H7BrZn. The number of benzene rings is 1. The van der Waals surface area contributed by atoms with E-state index in [2.05, 4.69) is 41.6 Å². The van der Waals surface area contributed by atoms with Gasteiger partial charge in [-0.25, -0.2) is 0 Å². The maximum Gasteiger partial charge on any atom is -1.00 e. The van der Waals surface area contributed by atoms with E-state index in [1.54, 1.807) is 0 Å². The van der Waals surface area contributed by atoms with Crippen molar-refractivity contribution in [1.29, 1.82) is 0 Å². The average Bonchev–Trinajstić information content (AvgIpc) is 1.95. The van der Waals surface area contributed by atoms with E-state index in [1.165, 1.54) is 5.56 Å². The molecule has 52 valence electrons. The van der Waals surface area contributed by atoms with Gasteiger partial charge < -0.3 is 17.0 Å². The van der Waals surface area contributed by atoms with Gasteiger partial charge in [-0.2, -0.15) is 0 Å². The normalized spacial score (nSPS) is 7.55. The number of hydrogen-bond donors (Lipinski definition) is 0. The largest absolute Gasteiger partial charge is 1.00 e. The van der Waals surface area contributed by atoms with Crippen molar-refractivity contribution >= 4 is 0 Å². The van der Waals surface area contributed by atoms with Crippen molar-refractivity contribution in [3.05, 3.63) is 35.4 Å². The molecule has 11 heavy (non-hydrogen) atoms. The van der Waals surface area contributed by atoms with Crippen LogP contribution in [0.3, 0.4) is 0 Å². The predicted octanol–water partition coefficient (Wildman–Crippen LogP) is -1.15. The molecule has 0 N–H and O–H groups in total. The average molecular weight is 260 g/mol. The predicted molar refractivity (Wildman–Crippen MR) is 38.1 cm³/mol. The Balaban J connectivity index is 0.000001000. The van der Waals surface area contributed by atoms with Crippen LogP contribution in [0.2, 0.25) is 0 Å². The van der Waals surface area contributed by atoms with E-state index in [1.807, 2.05) is 0 Å². The standard InChI is InChI=1S/C9H7.BrH.Zn/c1-3-9-6-4-8(2)5-7-9;;/h4-7H,2H3;1H;/q;;+1/p-1. The van der Waals surface area contributed by atoms with Gasteiger partial charge in [-0.3, -0.25) is 0 Å². The topological polar surface area (TPSA) is 0 Å². The Labute approximate surface area is 87.8 Å². The van der Waals surface area contributed by atoms with E-state index >= 15 is 0 Å². The van der Waals surface area contributed by atoms with Crippen LogP contribution in [0.4, 0.5) is 0 Å². The van der Waals surface area contributed by atoms with E-state index in [0.29, 0.717) is 0 Å². The molecule has 0 atom stereocenters. The van der Waals surface area contributed by atoms with Crippen LogP contribution < -0.4 is 17.0 Å². The van der Waals surface area contributed by atoms with E-state index in [9.17, 15) is 0 Å². The zero-order valence-electron chi connectivity index (χ0n) is 6.39. The van der Waals surface area contributed by atoms with Gasteiger partial charge in [0.05, 0.1) is 0 Å². The Morgan fingerprint density at radius 3 is 2.18 bits per heavy atom. The molecule has 1 aromatic rings. The third kappa shape index (κ3) is 3.70. The Bertz CT molecular complexity index is 266. The Hall–Kier alpha value is -0.117. The summed E-state index contributed by atoms with van der Waals surface area (Å²) in [6.45, 7) is 2.08. The van der Waals surface area contributed by atoms with Crippen LogP contribution in [0.15, 0.2) is 24.3 Å². The fraction of sp³-hybridized carbons (Fsp3) is 0.111. The van der Waals surface area contributed by atoms with Crippen molar-refractivity contribution in [2.45, 2.75) is 6.92 Å². The molecule has 0 fully saturated rings. The van der Waals surface area contributed by atoms with Crippen molar-refractivity contribution in [2.24, 2.45) is 0 Å². The van der Waals surface area contributed by atoms with Crippen LogP contribution in [0.25, 0.3) is 0 Å². The van der Waals surface area contributed by atoms with Crippen molar-refractivity contribution in [3.63, 3.8) is 0 Å². The van der Waals surface area contributed by atoms with Gasteiger partial charge in [0.15, 0.2) is 0 Å². The van der Waals surface area contributed by atoms with Crippen LogP contribution in [-0.2, 0) is 18.3 Å². The first-order valence-electron chi connectivity index (χ1n) is 3.17. The summed E-state index contributed by atoms with van der Waals surface area (Å²) in [6.07, 6.45) is 0. The molecule has 1 rings (SSSR count). The fourth-order valence-electron chi connectivity index (χ4n) is 0.739. The summed E-state index contributed by atoms with van der Waals surface area (Å²) in [5.74, 6) is 3.04. The molecule has 0 aromatic heterocycles. The minimum Gasteiger partial charge on any atom is -1.00 e. The molecular weight excluding hydrogens is 253 g/mol. The SMILES string of the molecule is Cc1ccc(C#[C][Zn+])cc1.[Br-]. The first kappa shape index (κ1) is 10.9. The molecule has 0 nitrogen and oxygen atoms in total. The van der Waals surface area contributed by atoms with Gasteiger partial charge in [-0.15, -0.1) is 0 Å². The number of hydrogen-bond acceptors (Lipinski definition) is 0. The summed E-state index contributed by atoms with van der Waals surface area (Å²) in [5, 5.41) is 0. The van der Waals surface area contributed by atoms with Gasteiger partial charge >= 0.3 is 71.1 Å². The molecule has 0 bridgehead atoms. The van der Waals surface area contributed by atoms with E-state index in [-0.39, 0.29) is 17.0 Å². The third-order valence-corrected chi connectivity index (χ3v) is 1.66. The molecule has 0 saturated carbocycles. The van der Waals surface area contributed by atoms with Crippen molar-refractivity contribution in [2.75, 3.05) is 0 Å². The summed E-state index contributed by atoms with van der Waals surface area (Å²) in [4.78, 5) is 0. The second-order valence-corrected chi connectivity index (χ2v) is 2.91. The summed E-state index contributed by atoms with van der Waals surface area (Å²) < 4.78 is 2.98. The summed E-state index contributed by atoms with van der Waals surface area (Å²) in [7, 11) is 0. The minimum absolute atomic E-state index is 0. The quantitative estimate of drug-likeness (QED) is 0.408. The van der Waals surface area contributed by atoms with E-state index in [4.69, 9.17) is 0 Å². The molecule has 0 aliphatic carbocycles. The van der Waals surface area contributed by atoms with Gasteiger partial charge in [-0.1, -0.05) is 0 Å². The molecule has 0 spiro atoms. The zero-order valence-corrected chi connectivity index (χ0v) is 10.9. The second kappa shape index (κ2) is 5.52. The zero-order chi connectivity index (χ0) is 7.40. The maximum atomic E-state index is 3.04. The summed E-state index contributed by atoms with van der Waals surface area (Å²) >= 11 is 1.05.